The molecule has 1 aromatic rings. The highest BCUT2D eigenvalue weighted by Gasteiger charge is 2.26. The molecular formula is C15H24N2O2. The van der Waals surface area contributed by atoms with Gasteiger partial charge in [0, 0.05) is 12.6 Å². The number of hydrogen-bond donors (Lipinski definition) is 2. The van der Waals surface area contributed by atoms with Crippen LogP contribution in [-0.4, -0.2) is 28.5 Å². The first-order valence-corrected chi connectivity index (χ1v) is 6.73. The van der Waals surface area contributed by atoms with Crippen molar-refractivity contribution in [2.45, 2.75) is 39.8 Å². The van der Waals surface area contributed by atoms with Crippen molar-refractivity contribution in [1.82, 2.24) is 4.90 Å². The second-order valence-electron chi connectivity index (χ2n) is 5.04. The Hall–Kier alpha value is -1.55. The Bertz CT molecular complexity index is 432. The first-order valence-electron chi connectivity index (χ1n) is 6.73. The molecule has 0 aliphatic heterocycles. The zero-order valence-electron chi connectivity index (χ0n) is 12.1. The van der Waals surface area contributed by atoms with E-state index in [0.29, 0.717) is 6.54 Å². The van der Waals surface area contributed by atoms with Gasteiger partial charge in [-0.1, -0.05) is 19.1 Å². The Kier molecular flexibility index (Phi) is 5.36. The van der Waals surface area contributed by atoms with Gasteiger partial charge in [-0.15, -0.1) is 0 Å². The first-order chi connectivity index (χ1) is 8.88. The summed E-state index contributed by atoms with van der Waals surface area (Å²) in [5.41, 5.74) is 6.73. The largest absolute Gasteiger partial charge is 0.508 e. The van der Waals surface area contributed by atoms with Crippen molar-refractivity contribution in [1.29, 1.82) is 0 Å². The molecule has 0 aliphatic carbocycles. The Labute approximate surface area is 115 Å². The molecule has 1 rings (SSSR count). The lowest BCUT2D eigenvalue weighted by Gasteiger charge is -2.32. The number of carbonyl (C=O) groups excluding carboxylic acids is 1. The molecule has 3 atom stereocenters. The van der Waals surface area contributed by atoms with Crippen molar-refractivity contribution in [2.75, 3.05) is 6.54 Å². The Morgan fingerprint density at radius 2 is 2.00 bits per heavy atom. The molecule has 4 heteroatoms. The minimum absolute atomic E-state index is 0.0494. The van der Waals surface area contributed by atoms with Gasteiger partial charge in [-0.25, -0.2) is 0 Å². The third-order valence-corrected chi connectivity index (χ3v) is 3.62. The number of nitrogens with zero attached hydrogens (tertiary/aromatic N) is 1. The van der Waals surface area contributed by atoms with E-state index in [1.807, 2.05) is 33.8 Å². The van der Waals surface area contributed by atoms with Gasteiger partial charge in [0.15, 0.2) is 0 Å². The molecule has 106 valence electrons. The molecule has 0 heterocycles. The smallest absolute Gasteiger partial charge is 0.227 e. The topological polar surface area (TPSA) is 66.6 Å². The molecule has 3 N–H and O–H groups in total. The Balaban J connectivity index is 2.94. The third kappa shape index (κ3) is 3.70. The summed E-state index contributed by atoms with van der Waals surface area (Å²) in [5, 5.41) is 9.53. The van der Waals surface area contributed by atoms with Crippen LogP contribution in [0.5, 0.6) is 5.75 Å². The normalized spacial score (nSPS) is 15.6. The summed E-state index contributed by atoms with van der Waals surface area (Å²) in [6, 6.07) is 6.77. The highest BCUT2D eigenvalue weighted by Crippen LogP contribution is 2.25. The molecule has 0 saturated heterocycles. The lowest BCUT2D eigenvalue weighted by atomic mass is 10.00. The summed E-state index contributed by atoms with van der Waals surface area (Å²) in [5.74, 6) is 0.0566. The molecular weight excluding hydrogens is 240 g/mol. The molecule has 0 aliphatic rings. The predicted octanol–water partition coefficient (Wildman–Crippen LogP) is 2.29. The summed E-state index contributed by atoms with van der Waals surface area (Å²) in [6.07, 6.45) is 0. The number of carbonyl (C=O) groups is 1. The zero-order valence-corrected chi connectivity index (χ0v) is 12.1. The molecule has 1 aromatic carbocycles. The molecule has 0 saturated carbocycles. The van der Waals surface area contributed by atoms with Gasteiger partial charge in [-0.05, 0) is 38.5 Å². The summed E-state index contributed by atoms with van der Waals surface area (Å²) in [6.45, 7) is 8.22. The number of phenols is 1. The van der Waals surface area contributed by atoms with Gasteiger partial charge < -0.3 is 15.7 Å². The highest BCUT2D eigenvalue weighted by atomic mass is 16.3. The summed E-state index contributed by atoms with van der Waals surface area (Å²) in [7, 11) is 0. The quantitative estimate of drug-likeness (QED) is 0.857. The van der Waals surface area contributed by atoms with Crippen LogP contribution in [-0.2, 0) is 4.79 Å². The number of nitrogens with two attached hydrogens (primary N) is 1. The van der Waals surface area contributed by atoms with Crippen molar-refractivity contribution in [3.63, 3.8) is 0 Å². The maximum atomic E-state index is 12.4. The second kappa shape index (κ2) is 6.57. The van der Waals surface area contributed by atoms with Crippen molar-refractivity contribution >= 4 is 5.91 Å². The van der Waals surface area contributed by atoms with Crippen molar-refractivity contribution in [2.24, 2.45) is 11.7 Å². The van der Waals surface area contributed by atoms with Crippen LogP contribution in [0, 0.1) is 5.92 Å². The van der Waals surface area contributed by atoms with E-state index in [4.69, 9.17) is 5.73 Å². The van der Waals surface area contributed by atoms with Crippen LogP contribution in [0.1, 0.15) is 39.3 Å². The van der Waals surface area contributed by atoms with Gasteiger partial charge in [0.05, 0.1) is 12.0 Å². The van der Waals surface area contributed by atoms with Crippen molar-refractivity contribution in [3.8, 4) is 5.75 Å². The molecule has 1 amide bonds. The fraction of sp³-hybridized carbons (Fsp3) is 0.533. The van der Waals surface area contributed by atoms with Gasteiger partial charge in [-0.3, -0.25) is 4.79 Å². The van der Waals surface area contributed by atoms with Gasteiger partial charge in [-0.2, -0.15) is 0 Å². The SMILES string of the molecule is CCN(C(=O)C(C)C(C)N)C(C)c1cccc(O)c1. The maximum absolute atomic E-state index is 12.4. The average Bonchev–Trinajstić information content (AvgIpc) is 2.38. The first kappa shape index (κ1) is 15.5. The number of aromatic hydroxyl groups is 1. The second-order valence-corrected chi connectivity index (χ2v) is 5.04. The van der Waals surface area contributed by atoms with Crippen LogP contribution < -0.4 is 5.73 Å². The molecule has 0 spiro atoms. The number of amides is 1. The molecule has 3 unspecified atom stereocenters. The van der Waals surface area contributed by atoms with Crippen LogP contribution in [0.3, 0.4) is 0 Å². The van der Waals surface area contributed by atoms with Crippen LogP contribution >= 0.6 is 0 Å². The minimum atomic E-state index is -0.209. The fourth-order valence-corrected chi connectivity index (χ4v) is 2.07. The van der Waals surface area contributed by atoms with Gasteiger partial charge in [0.25, 0.3) is 0 Å². The van der Waals surface area contributed by atoms with Crippen molar-refractivity contribution in [3.05, 3.63) is 29.8 Å². The van der Waals surface area contributed by atoms with E-state index >= 15 is 0 Å². The van der Waals surface area contributed by atoms with Gasteiger partial charge in [0.2, 0.25) is 5.91 Å². The summed E-state index contributed by atoms with van der Waals surface area (Å²) >= 11 is 0. The average molecular weight is 264 g/mol. The molecule has 0 bridgehead atoms. The van der Waals surface area contributed by atoms with Crippen molar-refractivity contribution < 1.29 is 9.90 Å². The van der Waals surface area contributed by atoms with Gasteiger partial charge >= 0.3 is 0 Å². The van der Waals surface area contributed by atoms with E-state index in [2.05, 4.69) is 0 Å². The number of phenolic OH excluding ortho intramolecular Hbond substituents is 1. The van der Waals surface area contributed by atoms with E-state index in [9.17, 15) is 9.90 Å². The molecule has 19 heavy (non-hydrogen) atoms. The lowest BCUT2D eigenvalue weighted by Crippen LogP contribution is -2.42. The zero-order chi connectivity index (χ0) is 14.6. The van der Waals surface area contributed by atoms with Crippen LogP contribution in [0.15, 0.2) is 24.3 Å². The maximum Gasteiger partial charge on any atom is 0.227 e. The predicted molar refractivity (Wildman–Crippen MR) is 76.7 cm³/mol. The van der Waals surface area contributed by atoms with E-state index in [1.54, 1.807) is 23.1 Å². The number of benzene rings is 1. The minimum Gasteiger partial charge on any atom is -0.508 e. The fourth-order valence-electron chi connectivity index (χ4n) is 2.07. The molecule has 0 aromatic heterocycles. The van der Waals surface area contributed by atoms with Crippen LogP contribution in [0.25, 0.3) is 0 Å². The lowest BCUT2D eigenvalue weighted by molar-refractivity contribution is -0.137. The molecule has 0 radical (unpaired) electrons. The van der Waals surface area contributed by atoms with Crippen LogP contribution in [0.4, 0.5) is 0 Å². The molecule has 0 fully saturated rings. The van der Waals surface area contributed by atoms with E-state index in [0.717, 1.165) is 5.56 Å². The summed E-state index contributed by atoms with van der Waals surface area (Å²) in [4.78, 5) is 14.2. The third-order valence-electron chi connectivity index (χ3n) is 3.62. The standard InChI is InChI=1S/C15H24N2O2/c1-5-17(15(19)10(2)11(3)16)12(4)13-7-6-8-14(18)9-13/h6-12,18H,5,16H2,1-4H3. The highest BCUT2D eigenvalue weighted by molar-refractivity contribution is 5.79. The number of rotatable bonds is 5. The summed E-state index contributed by atoms with van der Waals surface area (Å²) < 4.78 is 0. The van der Waals surface area contributed by atoms with Crippen LogP contribution in [0.2, 0.25) is 0 Å². The van der Waals surface area contributed by atoms with E-state index in [1.165, 1.54) is 0 Å². The van der Waals surface area contributed by atoms with Gasteiger partial charge in [0.1, 0.15) is 5.75 Å². The monoisotopic (exact) mass is 264 g/mol. The Morgan fingerprint density at radius 3 is 2.47 bits per heavy atom. The van der Waals surface area contributed by atoms with E-state index in [-0.39, 0.29) is 29.7 Å². The Morgan fingerprint density at radius 1 is 1.37 bits per heavy atom. The number of hydrogen-bond acceptors (Lipinski definition) is 3. The molecule has 4 nitrogen and oxygen atoms in total. The van der Waals surface area contributed by atoms with E-state index < -0.39 is 0 Å².